The Balaban J connectivity index is 1.64. The molecule has 1 aromatic heterocycles. The van der Waals surface area contributed by atoms with Crippen molar-refractivity contribution in [3.8, 4) is 34.4 Å². The minimum absolute atomic E-state index is 0.0774. The van der Waals surface area contributed by atoms with Crippen molar-refractivity contribution in [3.63, 3.8) is 0 Å². The second kappa shape index (κ2) is 7.42. The third kappa shape index (κ3) is 3.00. The first-order chi connectivity index (χ1) is 15.1. The van der Waals surface area contributed by atoms with Crippen LogP contribution in [0.3, 0.4) is 0 Å². The van der Waals surface area contributed by atoms with Crippen LogP contribution in [0, 0.1) is 0 Å². The van der Waals surface area contributed by atoms with E-state index in [4.69, 9.17) is 23.7 Å². The van der Waals surface area contributed by atoms with Gasteiger partial charge in [-0.1, -0.05) is 0 Å². The van der Waals surface area contributed by atoms with E-state index in [2.05, 4.69) is 10.3 Å². The molecule has 9 heteroatoms. The predicted octanol–water partition coefficient (Wildman–Crippen LogP) is 3.10. The molecule has 1 amide bonds. The molecular formula is C22H21N3O6. The topological polar surface area (TPSA) is 93.1 Å². The maximum absolute atomic E-state index is 12.7. The van der Waals surface area contributed by atoms with Crippen molar-refractivity contribution in [1.82, 2.24) is 9.55 Å². The minimum atomic E-state index is -0.346. The molecule has 0 bridgehead atoms. The fraction of sp³-hybridized carbons (Fsp3) is 0.273. The van der Waals surface area contributed by atoms with Crippen LogP contribution >= 0.6 is 0 Å². The molecule has 3 heterocycles. The van der Waals surface area contributed by atoms with Gasteiger partial charge >= 0.3 is 0 Å². The monoisotopic (exact) mass is 423 g/mol. The molecule has 1 N–H and O–H groups in total. The highest BCUT2D eigenvalue weighted by molar-refractivity contribution is 5.94. The number of nitrogens with one attached hydrogen (secondary N) is 1. The van der Waals surface area contributed by atoms with E-state index in [1.54, 1.807) is 27.7 Å². The third-order valence-corrected chi connectivity index (χ3v) is 5.51. The number of carbonyl (C=O) groups excluding carboxylic acids is 1. The Morgan fingerprint density at radius 3 is 2.55 bits per heavy atom. The Kier molecular flexibility index (Phi) is 4.58. The maximum atomic E-state index is 12.7. The standard InChI is InChI=1S/C22H21N3O6/c1-27-13-6-4-12(5-7-13)25-10-23-18-14(9-17(26)24-22(18)25)15-8-16(28-2)20-21(19(15)29-3)31-11-30-20/h4-8,10,14H,9,11H2,1-3H3,(H,24,26)/t14-/m0/s1. The van der Waals surface area contributed by atoms with Crippen LogP contribution in [0.2, 0.25) is 0 Å². The van der Waals surface area contributed by atoms with Crippen LogP contribution in [0.5, 0.6) is 28.7 Å². The number of carbonyl (C=O) groups is 1. The normalized spacial score (nSPS) is 16.5. The van der Waals surface area contributed by atoms with Crippen LogP contribution in [-0.4, -0.2) is 43.6 Å². The van der Waals surface area contributed by atoms with Gasteiger partial charge in [0.15, 0.2) is 11.5 Å². The predicted molar refractivity (Wildman–Crippen MR) is 111 cm³/mol. The van der Waals surface area contributed by atoms with Gasteiger partial charge in [-0.3, -0.25) is 9.36 Å². The molecule has 160 valence electrons. The van der Waals surface area contributed by atoms with Crippen LogP contribution in [0.25, 0.3) is 5.69 Å². The number of benzene rings is 2. The lowest BCUT2D eigenvalue weighted by atomic mass is 9.88. The van der Waals surface area contributed by atoms with Gasteiger partial charge in [-0.05, 0) is 30.3 Å². The van der Waals surface area contributed by atoms with E-state index in [0.29, 0.717) is 28.8 Å². The first-order valence-electron chi connectivity index (χ1n) is 9.70. The number of hydrogen-bond acceptors (Lipinski definition) is 7. The highest BCUT2D eigenvalue weighted by Crippen LogP contribution is 2.53. The fourth-order valence-corrected chi connectivity index (χ4v) is 4.06. The van der Waals surface area contributed by atoms with Crippen LogP contribution in [0.4, 0.5) is 5.82 Å². The van der Waals surface area contributed by atoms with Crippen molar-refractivity contribution in [3.05, 3.63) is 47.9 Å². The summed E-state index contributed by atoms with van der Waals surface area (Å²) in [7, 11) is 4.74. The summed E-state index contributed by atoms with van der Waals surface area (Å²) in [5.74, 6) is 2.89. The zero-order valence-electron chi connectivity index (χ0n) is 17.3. The molecule has 0 radical (unpaired) electrons. The number of fused-ring (bicyclic) bond motifs is 2. The van der Waals surface area contributed by atoms with Gasteiger partial charge in [-0.25, -0.2) is 4.98 Å². The van der Waals surface area contributed by atoms with E-state index in [-0.39, 0.29) is 25.0 Å². The molecule has 2 aliphatic heterocycles. The van der Waals surface area contributed by atoms with E-state index in [9.17, 15) is 4.79 Å². The number of hydrogen-bond donors (Lipinski definition) is 1. The van der Waals surface area contributed by atoms with Gasteiger partial charge in [0.1, 0.15) is 17.9 Å². The molecule has 2 aromatic carbocycles. The number of methoxy groups -OCH3 is 3. The van der Waals surface area contributed by atoms with Gasteiger partial charge < -0.3 is 29.0 Å². The summed E-state index contributed by atoms with van der Waals surface area (Å²) in [5, 5.41) is 2.96. The molecule has 0 fully saturated rings. The molecule has 31 heavy (non-hydrogen) atoms. The van der Waals surface area contributed by atoms with E-state index in [1.807, 2.05) is 34.9 Å². The smallest absolute Gasteiger partial charge is 0.231 e. The van der Waals surface area contributed by atoms with Crippen LogP contribution < -0.4 is 29.0 Å². The number of nitrogens with zero attached hydrogens (tertiary/aromatic N) is 2. The van der Waals surface area contributed by atoms with Crippen molar-refractivity contribution >= 4 is 11.7 Å². The van der Waals surface area contributed by atoms with Crippen molar-refractivity contribution in [2.75, 3.05) is 33.4 Å². The summed E-state index contributed by atoms with van der Waals surface area (Å²) in [6, 6.07) is 9.35. The molecule has 0 unspecified atom stereocenters. The average Bonchev–Trinajstić information content (AvgIpc) is 3.45. The second-order valence-electron chi connectivity index (χ2n) is 7.12. The molecule has 0 spiro atoms. The highest BCUT2D eigenvalue weighted by Gasteiger charge is 2.36. The number of rotatable bonds is 5. The minimum Gasteiger partial charge on any atom is -0.497 e. The van der Waals surface area contributed by atoms with Crippen molar-refractivity contribution in [2.24, 2.45) is 0 Å². The lowest BCUT2D eigenvalue weighted by molar-refractivity contribution is -0.116. The van der Waals surface area contributed by atoms with Crippen molar-refractivity contribution in [1.29, 1.82) is 0 Å². The zero-order chi connectivity index (χ0) is 21.5. The summed E-state index contributed by atoms with van der Waals surface area (Å²) in [6.07, 6.45) is 1.91. The number of amides is 1. The quantitative estimate of drug-likeness (QED) is 0.674. The molecule has 0 aliphatic carbocycles. The number of ether oxygens (including phenoxy) is 5. The maximum Gasteiger partial charge on any atom is 0.231 e. The largest absolute Gasteiger partial charge is 0.497 e. The van der Waals surface area contributed by atoms with E-state index < -0.39 is 0 Å². The van der Waals surface area contributed by atoms with Gasteiger partial charge in [0.05, 0.1) is 27.0 Å². The molecule has 1 atom stereocenters. The average molecular weight is 423 g/mol. The summed E-state index contributed by atoms with van der Waals surface area (Å²) in [6.45, 7) is 0.0774. The lowest BCUT2D eigenvalue weighted by Crippen LogP contribution is -2.25. The Morgan fingerprint density at radius 2 is 1.84 bits per heavy atom. The van der Waals surface area contributed by atoms with Gasteiger partial charge in [0, 0.05) is 23.6 Å². The van der Waals surface area contributed by atoms with E-state index in [0.717, 1.165) is 22.7 Å². The van der Waals surface area contributed by atoms with Gasteiger partial charge in [-0.15, -0.1) is 0 Å². The molecular weight excluding hydrogens is 402 g/mol. The summed E-state index contributed by atoms with van der Waals surface area (Å²) < 4.78 is 29.4. The summed E-state index contributed by atoms with van der Waals surface area (Å²) in [5.41, 5.74) is 2.33. The first-order valence-corrected chi connectivity index (χ1v) is 9.70. The Hall–Kier alpha value is -3.88. The Morgan fingerprint density at radius 1 is 1.06 bits per heavy atom. The first kappa shape index (κ1) is 19.1. The lowest BCUT2D eigenvalue weighted by Gasteiger charge is -2.25. The van der Waals surface area contributed by atoms with E-state index >= 15 is 0 Å². The van der Waals surface area contributed by atoms with E-state index in [1.165, 1.54) is 0 Å². The van der Waals surface area contributed by atoms with Crippen molar-refractivity contribution in [2.45, 2.75) is 12.3 Å². The molecule has 0 saturated heterocycles. The van der Waals surface area contributed by atoms with Gasteiger partial charge in [0.2, 0.25) is 24.2 Å². The van der Waals surface area contributed by atoms with Crippen molar-refractivity contribution < 1.29 is 28.5 Å². The highest BCUT2D eigenvalue weighted by atomic mass is 16.7. The van der Waals surface area contributed by atoms with Crippen LogP contribution in [0.15, 0.2) is 36.7 Å². The van der Waals surface area contributed by atoms with Crippen LogP contribution in [0.1, 0.15) is 23.6 Å². The molecule has 3 aromatic rings. The van der Waals surface area contributed by atoms with Gasteiger partial charge in [0.25, 0.3) is 0 Å². The molecule has 5 rings (SSSR count). The number of aromatic nitrogens is 2. The SMILES string of the molecule is COc1ccc(-n2cnc3c2NC(=O)C[C@H]3c2cc(OC)c3c(c2OC)OCO3)cc1. The fourth-order valence-electron chi connectivity index (χ4n) is 4.06. The Bertz CT molecular complexity index is 1160. The Labute approximate surface area is 178 Å². The van der Waals surface area contributed by atoms with Gasteiger partial charge in [-0.2, -0.15) is 0 Å². The molecule has 9 nitrogen and oxygen atoms in total. The molecule has 2 aliphatic rings. The number of imidazole rings is 1. The van der Waals surface area contributed by atoms with Crippen LogP contribution in [-0.2, 0) is 4.79 Å². The second-order valence-corrected chi connectivity index (χ2v) is 7.12. The molecule has 0 saturated carbocycles. The zero-order valence-corrected chi connectivity index (χ0v) is 17.3. The summed E-state index contributed by atoms with van der Waals surface area (Å²) >= 11 is 0. The third-order valence-electron chi connectivity index (χ3n) is 5.51. The summed E-state index contributed by atoms with van der Waals surface area (Å²) in [4.78, 5) is 17.3. The number of anilines is 1.